The van der Waals surface area contributed by atoms with Crippen molar-refractivity contribution >= 4 is 22.0 Å². The summed E-state index contributed by atoms with van der Waals surface area (Å²) >= 11 is 3.38. The maximum Gasteiger partial charge on any atom is 0.424 e. The van der Waals surface area contributed by atoms with Gasteiger partial charge in [0.05, 0.1) is 0 Å². The zero-order valence-electron chi connectivity index (χ0n) is 10.5. The van der Waals surface area contributed by atoms with Gasteiger partial charge in [0.25, 0.3) is 0 Å². The number of ether oxygens (including phenoxy) is 1. The van der Waals surface area contributed by atoms with Crippen LogP contribution in [0.25, 0.3) is 0 Å². The van der Waals surface area contributed by atoms with E-state index < -0.39 is 11.7 Å². The Balaban J connectivity index is 3.64. The highest BCUT2D eigenvalue weighted by Crippen LogP contribution is 2.09. The first-order valence-electron chi connectivity index (χ1n) is 5.68. The minimum absolute atomic E-state index is 0.451. The molecule has 0 fully saturated rings. The molecule has 0 unspecified atom stereocenters. The lowest BCUT2D eigenvalue weighted by atomic mass is 10.2. The monoisotopic (exact) mass is 294 g/mol. The van der Waals surface area contributed by atoms with Crippen molar-refractivity contribution in [1.29, 1.82) is 0 Å². The van der Waals surface area contributed by atoms with Gasteiger partial charge >= 0.3 is 6.09 Å². The maximum atomic E-state index is 11.4. The third-order valence-electron chi connectivity index (χ3n) is 1.91. The number of carbonyl (C=O) groups is 1. The smallest absolute Gasteiger partial charge is 0.424 e. The minimum Gasteiger partial charge on any atom is -0.443 e. The van der Waals surface area contributed by atoms with E-state index in [0.717, 1.165) is 36.0 Å². The second-order valence-corrected chi connectivity index (χ2v) is 5.57. The lowest BCUT2D eigenvalue weighted by molar-refractivity contribution is 0.0245. The van der Waals surface area contributed by atoms with Crippen LogP contribution in [0, 0.1) is 0 Å². The third kappa shape index (κ3) is 8.97. The number of alkyl halides is 1. The van der Waals surface area contributed by atoms with Crippen LogP contribution in [0.1, 0.15) is 46.5 Å². The van der Waals surface area contributed by atoms with E-state index in [0.29, 0.717) is 6.54 Å². The predicted molar refractivity (Wildman–Crippen MR) is 69.4 cm³/mol. The van der Waals surface area contributed by atoms with Crippen LogP contribution in [0.3, 0.4) is 0 Å². The van der Waals surface area contributed by atoms with Crippen LogP contribution in [0.5, 0.6) is 0 Å². The summed E-state index contributed by atoms with van der Waals surface area (Å²) < 4.78 is 5.13. The van der Waals surface area contributed by atoms with Gasteiger partial charge in [-0.05, 0) is 33.6 Å². The van der Waals surface area contributed by atoms with Gasteiger partial charge < -0.3 is 4.74 Å². The van der Waals surface area contributed by atoms with E-state index in [1.165, 1.54) is 0 Å². The predicted octanol–water partition coefficient (Wildman–Crippen LogP) is 3.05. The number of hydrazine groups is 1. The van der Waals surface area contributed by atoms with E-state index in [9.17, 15) is 4.79 Å². The number of halogens is 1. The number of unbranched alkanes of at least 4 members (excludes halogenated alkanes) is 3. The topological polar surface area (TPSA) is 55.6 Å². The SMILES string of the molecule is CC(C)(C)OC(=O)N(N)CCCCCCBr. The summed E-state index contributed by atoms with van der Waals surface area (Å²) in [6.45, 7) is 6.04. The van der Waals surface area contributed by atoms with Gasteiger partial charge in [-0.2, -0.15) is 0 Å². The molecule has 16 heavy (non-hydrogen) atoms. The van der Waals surface area contributed by atoms with Gasteiger partial charge in [0, 0.05) is 11.9 Å². The molecule has 0 bridgehead atoms. The molecule has 0 rings (SSSR count). The fourth-order valence-corrected chi connectivity index (χ4v) is 1.54. The summed E-state index contributed by atoms with van der Waals surface area (Å²) in [6, 6.07) is 0. The number of hydrogen-bond donors (Lipinski definition) is 1. The van der Waals surface area contributed by atoms with Crippen LogP contribution in [0.4, 0.5) is 4.79 Å². The Morgan fingerprint density at radius 2 is 1.81 bits per heavy atom. The van der Waals surface area contributed by atoms with Gasteiger partial charge in [0.15, 0.2) is 0 Å². The quantitative estimate of drug-likeness (QED) is 0.269. The molecular formula is C11H23BrN2O2. The Labute approximate surface area is 107 Å². The van der Waals surface area contributed by atoms with Gasteiger partial charge in [-0.3, -0.25) is 0 Å². The molecule has 0 aromatic heterocycles. The summed E-state index contributed by atoms with van der Waals surface area (Å²) in [5.41, 5.74) is -0.481. The van der Waals surface area contributed by atoms with Crippen molar-refractivity contribution in [2.75, 3.05) is 11.9 Å². The van der Waals surface area contributed by atoms with Crippen LogP contribution in [0.15, 0.2) is 0 Å². The number of carbonyl (C=O) groups excluding carboxylic acids is 1. The fourth-order valence-electron chi connectivity index (χ4n) is 1.14. The van der Waals surface area contributed by atoms with Crippen LogP contribution in [0.2, 0.25) is 0 Å². The van der Waals surface area contributed by atoms with Crippen LogP contribution < -0.4 is 5.84 Å². The van der Waals surface area contributed by atoms with E-state index in [1.54, 1.807) is 0 Å². The molecule has 96 valence electrons. The molecule has 5 heteroatoms. The first-order chi connectivity index (χ1) is 7.37. The van der Waals surface area contributed by atoms with Gasteiger partial charge in [-0.15, -0.1) is 0 Å². The summed E-state index contributed by atoms with van der Waals surface area (Å²) in [5.74, 6) is 5.59. The molecule has 0 aromatic rings. The summed E-state index contributed by atoms with van der Waals surface area (Å²) in [4.78, 5) is 11.4. The Morgan fingerprint density at radius 1 is 1.25 bits per heavy atom. The summed E-state index contributed by atoms with van der Waals surface area (Å²) in [6.07, 6.45) is 3.88. The van der Waals surface area contributed by atoms with Gasteiger partial charge in [0.1, 0.15) is 5.60 Å². The number of amides is 1. The molecular weight excluding hydrogens is 272 g/mol. The molecule has 0 saturated carbocycles. The molecule has 0 heterocycles. The minimum atomic E-state index is -0.481. The highest BCUT2D eigenvalue weighted by Gasteiger charge is 2.19. The molecule has 0 aliphatic heterocycles. The second-order valence-electron chi connectivity index (χ2n) is 4.78. The molecule has 4 nitrogen and oxygen atoms in total. The lowest BCUT2D eigenvalue weighted by Gasteiger charge is -2.24. The number of hydrogen-bond acceptors (Lipinski definition) is 3. The molecule has 0 aromatic carbocycles. The van der Waals surface area contributed by atoms with Gasteiger partial charge in [0.2, 0.25) is 0 Å². The van der Waals surface area contributed by atoms with Crippen molar-refractivity contribution in [3.63, 3.8) is 0 Å². The molecule has 1 amide bonds. The van der Waals surface area contributed by atoms with Crippen molar-refractivity contribution < 1.29 is 9.53 Å². The zero-order chi connectivity index (χ0) is 12.6. The third-order valence-corrected chi connectivity index (χ3v) is 2.47. The van der Waals surface area contributed by atoms with Crippen LogP contribution in [-0.4, -0.2) is 28.6 Å². The first kappa shape index (κ1) is 15.7. The number of rotatable bonds is 6. The van der Waals surface area contributed by atoms with Crippen LogP contribution in [-0.2, 0) is 4.74 Å². The Bertz CT molecular complexity index is 205. The largest absolute Gasteiger partial charge is 0.443 e. The zero-order valence-corrected chi connectivity index (χ0v) is 12.0. The van der Waals surface area contributed by atoms with Gasteiger partial charge in [-0.25, -0.2) is 15.6 Å². The molecule has 0 saturated heterocycles. The fraction of sp³-hybridized carbons (Fsp3) is 0.909. The van der Waals surface area contributed by atoms with E-state index in [2.05, 4.69) is 15.9 Å². The average molecular weight is 295 g/mol. The maximum absolute atomic E-state index is 11.4. The van der Waals surface area contributed by atoms with E-state index in [-0.39, 0.29) is 0 Å². The number of nitrogens with two attached hydrogens (primary N) is 1. The first-order valence-corrected chi connectivity index (χ1v) is 6.80. The van der Waals surface area contributed by atoms with E-state index in [4.69, 9.17) is 10.6 Å². The Kier molecular flexibility index (Phi) is 7.76. The van der Waals surface area contributed by atoms with Crippen molar-refractivity contribution in [1.82, 2.24) is 5.01 Å². The lowest BCUT2D eigenvalue weighted by Crippen LogP contribution is -2.41. The second kappa shape index (κ2) is 7.90. The van der Waals surface area contributed by atoms with Crippen molar-refractivity contribution in [2.45, 2.75) is 52.1 Å². The van der Waals surface area contributed by atoms with E-state index >= 15 is 0 Å². The molecule has 2 N–H and O–H groups in total. The van der Waals surface area contributed by atoms with Crippen molar-refractivity contribution in [3.05, 3.63) is 0 Å². The molecule has 0 aliphatic carbocycles. The van der Waals surface area contributed by atoms with Crippen molar-refractivity contribution in [3.8, 4) is 0 Å². The van der Waals surface area contributed by atoms with Gasteiger partial charge in [-0.1, -0.05) is 28.8 Å². The number of nitrogens with zero attached hydrogens (tertiary/aromatic N) is 1. The Morgan fingerprint density at radius 3 is 2.31 bits per heavy atom. The summed E-state index contributed by atoms with van der Waals surface area (Å²) in [5, 5.41) is 2.19. The molecule has 0 radical (unpaired) electrons. The molecule has 0 atom stereocenters. The summed E-state index contributed by atoms with van der Waals surface area (Å²) in [7, 11) is 0. The molecule has 0 spiro atoms. The highest BCUT2D eigenvalue weighted by atomic mass is 79.9. The van der Waals surface area contributed by atoms with Crippen LogP contribution >= 0.6 is 15.9 Å². The standard InChI is InChI=1S/C11H23BrN2O2/c1-11(2,3)16-10(15)14(13)9-7-5-4-6-8-12/h4-9,13H2,1-3H3. The normalized spacial score (nSPS) is 11.3. The highest BCUT2D eigenvalue weighted by molar-refractivity contribution is 9.09. The Hall–Kier alpha value is -0.290. The molecule has 0 aliphatic rings. The van der Waals surface area contributed by atoms with E-state index in [1.807, 2.05) is 20.8 Å². The van der Waals surface area contributed by atoms with Crippen molar-refractivity contribution in [2.24, 2.45) is 5.84 Å². The average Bonchev–Trinajstić information content (AvgIpc) is 2.14.